The lowest BCUT2D eigenvalue weighted by Crippen LogP contribution is -2.45. The van der Waals surface area contributed by atoms with E-state index in [0.717, 1.165) is 32.1 Å². The van der Waals surface area contributed by atoms with Crippen LogP contribution in [0.5, 0.6) is 0 Å². The van der Waals surface area contributed by atoms with Gasteiger partial charge < -0.3 is 14.9 Å². The Bertz CT molecular complexity index is 448. The number of ether oxygens (including phenoxy) is 1. The maximum absolute atomic E-state index is 12.5. The van der Waals surface area contributed by atoms with Gasteiger partial charge in [-0.25, -0.2) is 4.79 Å². The second kappa shape index (κ2) is 6.28. The molecule has 0 spiro atoms. The molecule has 0 saturated heterocycles. The van der Waals surface area contributed by atoms with Crippen LogP contribution >= 0.6 is 0 Å². The summed E-state index contributed by atoms with van der Waals surface area (Å²) in [4.78, 5) is 24.1. The molecule has 5 atom stereocenters. The number of Topliss-reactive ketones (excluding diaryl/α,β-unsaturated/α-hetero) is 1. The minimum atomic E-state index is -0.615. The molecular formula is C17H26O5. The Balaban J connectivity index is 1.91. The van der Waals surface area contributed by atoms with Crippen LogP contribution in [-0.2, 0) is 14.3 Å². The van der Waals surface area contributed by atoms with Gasteiger partial charge in [0.1, 0.15) is 18.5 Å². The molecule has 3 saturated carbocycles. The molecule has 2 bridgehead atoms. The summed E-state index contributed by atoms with van der Waals surface area (Å²) in [6.45, 7) is -0.615. The number of aliphatic hydroxyl groups excluding tert-OH is 2. The first-order valence-corrected chi connectivity index (χ1v) is 8.57. The van der Waals surface area contributed by atoms with Gasteiger partial charge in [-0.2, -0.15) is 0 Å². The molecule has 2 N–H and O–H groups in total. The first kappa shape index (κ1) is 15.9. The van der Waals surface area contributed by atoms with Gasteiger partial charge in [-0.3, -0.25) is 4.79 Å². The second-order valence-corrected chi connectivity index (χ2v) is 7.34. The quantitative estimate of drug-likeness (QED) is 0.757. The van der Waals surface area contributed by atoms with Gasteiger partial charge in [0.15, 0.2) is 0 Å². The van der Waals surface area contributed by atoms with Crippen molar-refractivity contribution in [3.05, 3.63) is 0 Å². The molecule has 3 unspecified atom stereocenters. The number of rotatable bonds is 2. The van der Waals surface area contributed by atoms with E-state index in [9.17, 15) is 14.7 Å². The molecule has 3 rings (SSSR count). The molecule has 0 aromatic carbocycles. The van der Waals surface area contributed by atoms with Crippen LogP contribution in [0, 0.1) is 17.3 Å². The maximum Gasteiger partial charge on any atom is 0.332 e. The largest absolute Gasteiger partial charge is 0.460 e. The van der Waals surface area contributed by atoms with E-state index in [2.05, 4.69) is 0 Å². The van der Waals surface area contributed by atoms with Gasteiger partial charge in [0.05, 0.1) is 6.10 Å². The molecule has 5 heteroatoms. The van der Waals surface area contributed by atoms with E-state index < -0.39 is 12.6 Å². The van der Waals surface area contributed by atoms with E-state index in [1.807, 2.05) is 0 Å². The molecule has 3 aliphatic rings. The summed E-state index contributed by atoms with van der Waals surface area (Å²) in [5.41, 5.74) is -0.0897. The lowest BCUT2D eigenvalue weighted by Gasteiger charge is -2.45. The molecular weight excluding hydrogens is 284 g/mol. The third-order valence-corrected chi connectivity index (χ3v) is 6.07. The van der Waals surface area contributed by atoms with Crippen LogP contribution < -0.4 is 0 Å². The molecule has 3 aliphatic carbocycles. The molecule has 0 aliphatic heterocycles. The highest BCUT2D eigenvalue weighted by Crippen LogP contribution is 2.57. The van der Waals surface area contributed by atoms with E-state index in [-0.39, 0.29) is 35.2 Å². The molecule has 124 valence electrons. The van der Waals surface area contributed by atoms with Gasteiger partial charge in [0.25, 0.3) is 0 Å². The fourth-order valence-electron chi connectivity index (χ4n) is 5.28. The van der Waals surface area contributed by atoms with Gasteiger partial charge >= 0.3 is 5.97 Å². The van der Waals surface area contributed by atoms with Crippen molar-refractivity contribution in [2.45, 2.75) is 70.0 Å². The van der Waals surface area contributed by atoms with Crippen LogP contribution in [0.15, 0.2) is 0 Å². The molecule has 5 nitrogen and oxygen atoms in total. The van der Waals surface area contributed by atoms with Crippen molar-refractivity contribution in [1.82, 2.24) is 0 Å². The highest BCUT2D eigenvalue weighted by molar-refractivity contribution is 5.85. The maximum atomic E-state index is 12.5. The minimum absolute atomic E-state index is 0.0598. The van der Waals surface area contributed by atoms with Crippen LogP contribution in [0.1, 0.15) is 57.8 Å². The van der Waals surface area contributed by atoms with E-state index in [4.69, 9.17) is 9.84 Å². The summed E-state index contributed by atoms with van der Waals surface area (Å²) < 4.78 is 5.48. The topological polar surface area (TPSA) is 83.8 Å². The Morgan fingerprint density at radius 3 is 2.82 bits per heavy atom. The third kappa shape index (κ3) is 2.81. The molecule has 0 aromatic rings. The number of carbonyl (C=O) groups is 2. The molecule has 3 fully saturated rings. The van der Waals surface area contributed by atoms with Crippen LogP contribution in [0.25, 0.3) is 0 Å². The second-order valence-electron chi connectivity index (χ2n) is 7.34. The Kier molecular flexibility index (Phi) is 4.55. The predicted octanol–water partition coefficient (Wildman–Crippen LogP) is 1.59. The SMILES string of the molecule is O=C(CO)O[C@@H]1CCC[C@@H](O)CC23CCCC1C2C(=O)CC3. The van der Waals surface area contributed by atoms with Crippen molar-refractivity contribution in [1.29, 1.82) is 0 Å². The van der Waals surface area contributed by atoms with Gasteiger partial charge in [0.2, 0.25) is 0 Å². The van der Waals surface area contributed by atoms with Gasteiger partial charge in [0, 0.05) is 18.3 Å². The zero-order chi connectivity index (χ0) is 15.7. The van der Waals surface area contributed by atoms with Crippen LogP contribution in [-0.4, -0.2) is 40.8 Å². The molecule has 0 aromatic heterocycles. The Labute approximate surface area is 131 Å². The Morgan fingerprint density at radius 1 is 1.23 bits per heavy atom. The van der Waals surface area contributed by atoms with Crippen LogP contribution in [0.3, 0.4) is 0 Å². The van der Waals surface area contributed by atoms with Crippen molar-refractivity contribution in [3.63, 3.8) is 0 Å². The van der Waals surface area contributed by atoms with Crippen LogP contribution in [0.4, 0.5) is 0 Å². The lowest BCUT2D eigenvalue weighted by molar-refractivity contribution is -0.161. The number of hydrogen-bond acceptors (Lipinski definition) is 5. The molecule has 0 amide bonds. The monoisotopic (exact) mass is 310 g/mol. The van der Waals surface area contributed by atoms with Gasteiger partial charge in [-0.05, 0) is 50.4 Å². The van der Waals surface area contributed by atoms with E-state index in [1.54, 1.807) is 0 Å². The van der Waals surface area contributed by atoms with Crippen molar-refractivity contribution >= 4 is 11.8 Å². The van der Waals surface area contributed by atoms with E-state index >= 15 is 0 Å². The van der Waals surface area contributed by atoms with Gasteiger partial charge in [-0.15, -0.1) is 0 Å². The smallest absolute Gasteiger partial charge is 0.332 e. The van der Waals surface area contributed by atoms with Crippen LogP contribution in [0.2, 0.25) is 0 Å². The summed E-state index contributed by atoms with van der Waals surface area (Å²) in [5.74, 6) is -0.342. The normalized spacial score (nSPS) is 42.0. The van der Waals surface area contributed by atoms with Gasteiger partial charge in [-0.1, -0.05) is 6.42 Å². The summed E-state index contributed by atoms with van der Waals surface area (Å²) in [6.07, 6.45) is 6.59. The van der Waals surface area contributed by atoms with Crippen molar-refractivity contribution in [2.24, 2.45) is 17.3 Å². The highest BCUT2D eigenvalue weighted by Gasteiger charge is 2.56. The zero-order valence-electron chi connectivity index (χ0n) is 13.0. The van der Waals surface area contributed by atoms with Crippen molar-refractivity contribution in [2.75, 3.05) is 6.61 Å². The van der Waals surface area contributed by atoms with Crippen molar-refractivity contribution < 1.29 is 24.5 Å². The predicted molar refractivity (Wildman–Crippen MR) is 78.9 cm³/mol. The summed E-state index contributed by atoms with van der Waals surface area (Å²) in [6, 6.07) is 0. The van der Waals surface area contributed by atoms with Crippen molar-refractivity contribution in [3.8, 4) is 0 Å². The Morgan fingerprint density at radius 2 is 2.05 bits per heavy atom. The lowest BCUT2D eigenvalue weighted by atomic mass is 9.60. The summed E-state index contributed by atoms with van der Waals surface area (Å²) >= 11 is 0. The highest BCUT2D eigenvalue weighted by atomic mass is 16.6. The average molecular weight is 310 g/mol. The summed E-state index contributed by atoms with van der Waals surface area (Å²) in [7, 11) is 0. The number of ketones is 1. The standard InChI is InChI=1S/C17H26O5/c18-10-15(21)22-14-5-1-3-11(19)9-17-7-2-4-12(14)16(17)13(20)6-8-17/h11-12,14,16,18-19H,1-10H2/t11-,12?,14-,16?,17?/m1/s1. The molecule has 0 heterocycles. The van der Waals surface area contributed by atoms with E-state index in [0.29, 0.717) is 25.7 Å². The minimum Gasteiger partial charge on any atom is -0.460 e. The number of hydrogen-bond donors (Lipinski definition) is 2. The van der Waals surface area contributed by atoms with E-state index in [1.165, 1.54) is 0 Å². The number of esters is 1. The first-order chi connectivity index (χ1) is 10.6. The number of carbonyl (C=O) groups excluding carboxylic acids is 2. The average Bonchev–Trinajstić information content (AvgIpc) is 2.83. The zero-order valence-corrected chi connectivity index (χ0v) is 13.0. The third-order valence-electron chi connectivity index (χ3n) is 6.07. The molecule has 0 radical (unpaired) electrons. The Hall–Kier alpha value is -0.940. The fraction of sp³-hybridized carbons (Fsp3) is 0.882. The molecule has 22 heavy (non-hydrogen) atoms. The fourth-order valence-corrected chi connectivity index (χ4v) is 5.28. The first-order valence-electron chi connectivity index (χ1n) is 8.57. The summed E-state index contributed by atoms with van der Waals surface area (Å²) in [5, 5.41) is 19.3. The number of aliphatic hydroxyl groups is 2.